The Bertz CT molecular complexity index is 516. The molecule has 0 aromatic heterocycles. The van der Waals surface area contributed by atoms with Gasteiger partial charge in [-0.1, -0.05) is 26.0 Å². The molecular formula is C16H24FN3O. The van der Waals surface area contributed by atoms with E-state index in [0.29, 0.717) is 13.1 Å². The fraction of sp³-hybridized carbons (Fsp3) is 0.562. The lowest BCUT2D eigenvalue weighted by Gasteiger charge is -2.35. The second kappa shape index (κ2) is 6.12. The van der Waals surface area contributed by atoms with Gasteiger partial charge in [-0.05, 0) is 37.2 Å². The molecule has 1 aromatic carbocycles. The van der Waals surface area contributed by atoms with E-state index in [1.165, 1.54) is 12.1 Å². The zero-order valence-corrected chi connectivity index (χ0v) is 13.2. The van der Waals surface area contributed by atoms with Crippen LogP contribution in [-0.4, -0.2) is 49.4 Å². The monoisotopic (exact) mass is 293 g/mol. The average Bonchev–Trinajstić information content (AvgIpc) is 2.69. The molecule has 1 unspecified atom stereocenters. The molecule has 0 radical (unpaired) electrons. The predicted molar refractivity (Wildman–Crippen MR) is 81.2 cm³/mol. The van der Waals surface area contributed by atoms with Gasteiger partial charge in [0.1, 0.15) is 12.0 Å². The Morgan fingerprint density at radius 1 is 1.43 bits per heavy atom. The Labute approximate surface area is 125 Å². The van der Waals surface area contributed by atoms with Crippen LogP contribution in [0.1, 0.15) is 25.6 Å². The van der Waals surface area contributed by atoms with E-state index in [9.17, 15) is 9.18 Å². The number of carbonyl (C=O) groups is 1. The van der Waals surface area contributed by atoms with Crippen LogP contribution in [0.3, 0.4) is 0 Å². The van der Waals surface area contributed by atoms with Crippen LogP contribution in [0.5, 0.6) is 0 Å². The van der Waals surface area contributed by atoms with Gasteiger partial charge in [-0.15, -0.1) is 0 Å². The van der Waals surface area contributed by atoms with Gasteiger partial charge in [0.25, 0.3) is 0 Å². The first-order chi connectivity index (χ1) is 9.78. The summed E-state index contributed by atoms with van der Waals surface area (Å²) in [7, 11) is 4.05. The molecule has 4 nitrogen and oxygen atoms in total. The van der Waals surface area contributed by atoms with Gasteiger partial charge in [0.15, 0.2) is 0 Å². The lowest BCUT2D eigenvalue weighted by molar-refractivity contribution is -0.129. The molecule has 1 saturated heterocycles. The third-order valence-corrected chi connectivity index (χ3v) is 3.59. The van der Waals surface area contributed by atoms with E-state index in [4.69, 9.17) is 0 Å². The van der Waals surface area contributed by atoms with Crippen LogP contribution in [0, 0.1) is 11.2 Å². The van der Waals surface area contributed by atoms with Gasteiger partial charge in [-0.2, -0.15) is 0 Å². The summed E-state index contributed by atoms with van der Waals surface area (Å²) < 4.78 is 13.4. The van der Waals surface area contributed by atoms with Crippen molar-refractivity contribution in [2.24, 2.45) is 5.41 Å². The zero-order valence-electron chi connectivity index (χ0n) is 13.2. The zero-order chi connectivity index (χ0) is 15.6. The summed E-state index contributed by atoms with van der Waals surface area (Å²) in [5.74, 6) is -0.211. The Kier molecular flexibility index (Phi) is 4.64. The van der Waals surface area contributed by atoms with Crippen LogP contribution in [-0.2, 0) is 4.79 Å². The van der Waals surface area contributed by atoms with E-state index < -0.39 is 0 Å². The Hall–Kier alpha value is -1.46. The first kappa shape index (κ1) is 15.9. The summed E-state index contributed by atoms with van der Waals surface area (Å²) in [6.07, 6.45) is -0.241. The standard InChI is InChI=1S/C16H24FN3O/c1-16(2,10-19(3)4)11-20-14(21)9-18-15(20)12-6-5-7-13(17)8-12/h5-8,15,18H,9-11H2,1-4H3. The fourth-order valence-electron chi connectivity index (χ4n) is 3.06. The molecule has 21 heavy (non-hydrogen) atoms. The van der Waals surface area contributed by atoms with E-state index >= 15 is 0 Å². The number of halogens is 1. The van der Waals surface area contributed by atoms with Crippen molar-refractivity contribution in [1.29, 1.82) is 0 Å². The first-order valence-corrected chi connectivity index (χ1v) is 7.21. The SMILES string of the molecule is CN(C)CC(C)(C)CN1C(=O)CNC1c1cccc(F)c1. The number of amides is 1. The van der Waals surface area contributed by atoms with Crippen molar-refractivity contribution in [1.82, 2.24) is 15.1 Å². The highest BCUT2D eigenvalue weighted by Gasteiger charge is 2.35. The molecule has 0 spiro atoms. The number of hydrogen-bond acceptors (Lipinski definition) is 3. The minimum absolute atomic E-state index is 0.0310. The second-order valence-corrected chi connectivity index (χ2v) is 6.76. The molecule has 1 aliphatic rings. The molecule has 116 valence electrons. The molecule has 0 saturated carbocycles. The quantitative estimate of drug-likeness (QED) is 0.900. The topological polar surface area (TPSA) is 35.6 Å². The Morgan fingerprint density at radius 3 is 2.76 bits per heavy atom. The van der Waals surface area contributed by atoms with E-state index in [1.807, 2.05) is 25.1 Å². The van der Waals surface area contributed by atoms with Crippen LogP contribution in [0.2, 0.25) is 0 Å². The molecule has 1 atom stereocenters. The summed E-state index contributed by atoms with van der Waals surface area (Å²) in [5, 5.41) is 3.17. The molecule has 1 aliphatic heterocycles. The molecule has 1 aromatic rings. The summed E-state index contributed by atoms with van der Waals surface area (Å²) in [5.41, 5.74) is 0.762. The molecule has 0 bridgehead atoms. The summed E-state index contributed by atoms with van der Waals surface area (Å²) in [6, 6.07) is 6.44. The summed E-state index contributed by atoms with van der Waals surface area (Å²) >= 11 is 0. The lowest BCUT2D eigenvalue weighted by atomic mass is 9.91. The maximum Gasteiger partial charge on any atom is 0.238 e. The van der Waals surface area contributed by atoms with E-state index in [1.54, 1.807) is 6.07 Å². The molecule has 5 heteroatoms. The minimum Gasteiger partial charge on any atom is -0.321 e. The van der Waals surface area contributed by atoms with Gasteiger partial charge >= 0.3 is 0 Å². The van der Waals surface area contributed by atoms with Gasteiger partial charge in [0.05, 0.1) is 6.54 Å². The van der Waals surface area contributed by atoms with Crippen molar-refractivity contribution in [3.63, 3.8) is 0 Å². The average molecular weight is 293 g/mol. The van der Waals surface area contributed by atoms with Crippen molar-refractivity contribution < 1.29 is 9.18 Å². The number of nitrogens with zero attached hydrogens (tertiary/aromatic N) is 2. The third-order valence-electron chi connectivity index (χ3n) is 3.59. The molecule has 1 N–H and O–H groups in total. The number of hydrogen-bond donors (Lipinski definition) is 1. The third kappa shape index (κ3) is 4.02. The van der Waals surface area contributed by atoms with Crippen LogP contribution in [0.25, 0.3) is 0 Å². The Balaban J connectivity index is 2.17. The number of rotatable bonds is 5. The van der Waals surface area contributed by atoms with Crippen LogP contribution < -0.4 is 5.32 Å². The van der Waals surface area contributed by atoms with Crippen molar-refractivity contribution in [2.45, 2.75) is 20.0 Å². The number of carbonyl (C=O) groups excluding carboxylic acids is 1. The maximum absolute atomic E-state index is 13.4. The highest BCUT2D eigenvalue weighted by Crippen LogP contribution is 2.28. The van der Waals surface area contributed by atoms with Crippen molar-refractivity contribution in [3.05, 3.63) is 35.6 Å². The molecule has 0 aliphatic carbocycles. The fourth-order valence-corrected chi connectivity index (χ4v) is 3.06. The van der Waals surface area contributed by atoms with Crippen LogP contribution in [0.15, 0.2) is 24.3 Å². The van der Waals surface area contributed by atoms with Gasteiger partial charge in [-0.25, -0.2) is 4.39 Å². The van der Waals surface area contributed by atoms with Gasteiger partial charge < -0.3 is 9.80 Å². The number of nitrogens with one attached hydrogen (secondary N) is 1. The van der Waals surface area contributed by atoms with E-state index in [-0.39, 0.29) is 23.3 Å². The van der Waals surface area contributed by atoms with E-state index in [2.05, 4.69) is 24.1 Å². The van der Waals surface area contributed by atoms with Gasteiger partial charge in [-0.3, -0.25) is 10.1 Å². The van der Waals surface area contributed by atoms with Crippen molar-refractivity contribution in [2.75, 3.05) is 33.7 Å². The second-order valence-electron chi connectivity index (χ2n) is 6.76. The molecule has 1 amide bonds. The Morgan fingerprint density at radius 2 is 2.14 bits per heavy atom. The summed E-state index contributed by atoms with van der Waals surface area (Å²) in [6.45, 7) is 6.10. The van der Waals surface area contributed by atoms with Crippen LogP contribution in [0.4, 0.5) is 4.39 Å². The normalized spacial score (nSPS) is 19.6. The van der Waals surface area contributed by atoms with E-state index in [0.717, 1.165) is 12.1 Å². The minimum atomic E-state index is -0.277. The predicted octanol–water partition coefficient (Wildman–Crippen LogP) is 1.84. The van der Waals surface area contributed by atoms with Crippen molar-refractivity contribution in [3.8, 4) is 0 Å². The smallest absolute Gasteiger partial charge is 0.238 e. The molecular weight excluding hydrogens is 269 g/mol. The molecule has 1 fully saturated rings. The molecule has 2 rings (SSSR count). The first-order valence-electron chi connectivity index (χ1n) is 7.21. The molecule has 1 heterocycles. The highest BCUT2D eigenvalue weighted by molar-refractivity contribution is 5.81. The van der Waals surface area contributed by atoms with Crippen LogP contribution >= 0.6 is 0 Å². The highest BCUT2D eigenvalue weighted by atomic mass is 19.1. The lowest BCUT2D eigenvalue weighted by Crippen LogP contribution is -2.42. The summed E-state index contributed by atoms with van der Waals surface area (Å²) in [4.78, 5) is 16.1. The van der Waals surface area contributed by atoms with Crippen molar-refractivity contribution >= 4 is 5.91 Å². The largest absolute Gasteiger partial charge is 0.321 e. The van der Waals surface area contributed by atoms with Gasteiger partial charge in [0.2, 0.25) is 5.91 Å². The maximum atomic E-state index is 13.4. The van der Waals surface area contributed by atoms with Gasteiger partial charge in [0, 0.05) is 13.1 Å². The number of benzene rings is 1.